The molecule has 4 N–H and O–H groups in total. The van der Waals surface area contributed by atoms with Crippen molar-refractivity contribution in [3.05, 3.63) is 0 Å². The van der Waals surface area contributed by atoms with E-state index in [9.17, 15) is 9.59 Å². The van der Waals surface area contributed by atoms with Crippen molar-refractivity contribution in [2.24, 2.45) is 5.73 Å². The number of aliphatic carboxylic acids is 1. The molecule has 0 aliphatic rings. The summed E-state index contributed by atoms with van der Waals surface area (Å²) in [5.74, 6) is -0.969. The van der Waals surface area contributed by atoms with Gasteiger partial charge in [-0.2, -0.15) is 0 Å². The fourth-order valence-corrected chi connectivity index (χ4v) is 1.27. The Morgan fingerprint density at radius 2 is 1.94 bits per heavy atom. The van der Waals surface area contributed by atoms with E-state index in [0.29, 0.717) is 26.1 Å². The van der Waals surface area contributed by atoms with Crippen molar-refractivity contribution in [1.29, 1.82) is 0 Å². The van der Waals surface area contributed by atoms with E-state index in [4.69, 9.17) is 10.8 Å². The average molecular weight is 231 g/mol. The van der Waals surface area contributed by atoms with Gasteiger partial charge in [0, 0.05) is 32.6 Å². The molecule has 0 saturated carbocycles. The Labute approximate surface area is 95.8 Å². The Hall–Kier alpha value is -1.14. The van der Waals surface area contributed by atoms with Gasteiger partial charge in [-0.25, -0.2) is 0 Å². The van der Waals surface area contributed by atoms with Crippen LogP contribution in [0, 0.1) is 0 Å². The summed E-state index contributed by atoms with van der Waals surface area (Å²) < 4.78 is 0. The van der Waals surface area contributed by atoms with Gasteiger partial charge in [0.15, 0.2) is 0 Å². The van der Waals surface area contributed by atoms with E-state index in [1.165, 1.54) is 0 Å². The van der Waals surface area contributed by atoms with Gasteiger partial charge in [0.25, 0.3) is 0 Å². The molecule has 0 fully saturated rings. The van der Waals surface area contributed by atoms with Gasteiger partial charge in [-0.1, -0.05) is 0 Å². The number of amides is 1. The summed E-state index contributed by atoms with van der Waals surface area (Å²) in [7, 11) is 0. The minimum Gasteiger partial charge on any atom is -0.480 e. The number of carbonyl (C=O) groups excluding carboxylic acids is 1. The molecule has 16 heavy (non-hydrogen) atoms. The second-order valence-corrected chi connectivity index (χ2v) is 3.46. The Kier molecular flexibility index (Phi) is 7.49. The summed E-state index contributed by atoms with van der Waals surface area (Å²) in [5, 5.41) is 11.4. The molecule has 0 aromatic heterocycles. The third kappa shape index (κ3) is 5.67. The molecule has 1 unspecified atom stereocenters. The molecule has 1 amide bonds. The van der Waals surface area contributed by atoms with Crippen LogP contribution in [0.3, 0.4) is 0 Å². The predicted octanol–water partition coefficient (Wildman–Crippen LogP) is -0.754. The molecule has 0 rings (SSSR count). The molecule has 0 aliphatic carbocycles. The normalized spacial score (nSPS) is 12.2. The Balaban J connectivity index is 3.66. The summed E-state index contributed by atoms with van der Waals surface area (Å²) in [6.45, 7) is 5.88. The van der Waals surface area contributed by atoms with Crippen LogP contribution in [0.15, 0.2) is 0 Å². The molecule has 0 spiro atoms. The highest BCUT2D eigenvalue weighted by atomic mass is 16.4. The van der Waals surface area contributed by atoms with Crippen LogP contribution in [0.1, 0.15) is 20.3 Å². The van der Waals surface area contributed by atoms with Crippen LogP contribution in [0.2, 0.25) is 0 Å². The third-order valence-corrected chi connectivity index (χ3v) is 2.31. The molecular weight excluding hydrogens is 210 g/mol. The first-order valence-electron chi connectivity index (χ1n) is 5.49. The Morgan fingerprint density at radius 1 is 1.38 bits per heavy atom. The highest BCUT2D eigenvalue weighted by Gasteiger charge is 2.11. The lowest BCUT2D eigenvalue weighted by Gasteiger charge is -2.18. The van der Waals surface area contributed by atoms with Gasteiger partial charge in [-0.05, 0) is 13.8 Å². The molecule has 1 atom stereocenters. The van der Waals surface area contributed by atoms with Crippen LogP contribution in [0.5, 0.6) is 0 Å². The smallest absolute Gasteiger partial charge is 0.321 e. The maximum Gasteiger partial charge on any atom is 0.321 e. The molecule has 0 aliphatic heterocycles. The van der Waals surface area contributed by atoms with Gasteiger partial charge in [0.2, 0.25) is 5.91 Å². The van der Waals surface area contributed by atoms with Crippen LogP contribution in [0.25, 0.3) is 0 Å². The number of carboxylic acid groups (broad SMARTS) is 1. The van der Waals surface area contributed by atoms with E-state index >= 15 is 0 Å². The maximum atomic E-state index is 11.5. The predicted molar refractivity (Wildman–Crippen MR) is 61.0 cm³/mol. The summed E-state index contributed by atoms with van der Waals surface area (Å²) in [6.07, 6.45) is 0.369. The van der Waals surface area contributed by atoms with Crippen molar-refractivity contribution in [3.63, 3.8) is 0 Å². The van der Waals surface area contributed by atoms with Crippen molar-refractivity contribution >= 4 is 11.9 Å². The molecule has 6 heteroatoms. The maximum absolute atomic E-state index is 11.5. The molecule has 0 heterocycles. The fourth-order valence-electron chi connectivity index (χ4n) is 1.27. The number of carbonyl (C=O) groups is 2. The van der Waals surface area contributed by atoms with Gasteiger partial charge in [0.1, 0.15) is 6.04 Å². The van der Waals surface area contributed by atoms with E-state index in [2.05, 4.69) is 5.32 Å². The highest BCUT2D eigenvalue weighted by Crippen LogP contribution is 1.92. The number of nitrogens with two attached hydrogens (primary N) is 1. The summed E-state index contributed by atoms with van der Waals surface area (Å²) in [4.78, 5) is 23.6. The Morgan fingerprint density at radius 3 is 2.38 bits per heavy atom. The monoisotopic (exact) mass is 231 g/mol. The van der Waals surface area contributed by atoms with Crippen LogP contribution in [-0.2, 0) is 9.59 Å². The standard InChI is InChI=1S/C10H21N3O3/c1-3-13(4-2)9(14)5-6-12-7-8(11)10(15)16/h8,12H,3-7,11H2,1-2H3,(H,15,16). The van der Waals surface area contributed by atoms with Gasteiger partial charge >= 0.3 is 5.97 Å². The van der Waals surface area contributed by atoms with Crippen LogP contribution in [0.4, 0.5) is 0 Å². The lowest BCUT2D eigenvalue weighted by Crippen LogP contribution is -2.41. The number of hydrogen-bond acceptors (Lipinski definition) is 4. The van der Waals surface area contributed by atoms with Crippen LogP contribution in [-0.4, -0.2) is 54.1 Å². The second-order valence-electron chi connectivity index (χ2n) is 3.46. The van der Waals surface area contributed by atoms with E-state index in [0.717, 1.165) is 0 Å². The number of carboxylic acids is 1. The highest BCUT2D eigenvalue weighted by molar-refractivity contribution is 5.76. The summed E-state index contributed by atoms with van der Waals surface area (Å²) in [5.41, 5.74) is 5.29. The molecule has 0 radical (unpaired) electrons. The van der Waals surface area contributed by atoms with Crippen molar-refractivity contribution < 1.29 is 14.7 Å². The van der Waals surface area contributed by atoms with Gasteiger partial charge in [-0.3, -0.25) is 9.59 Å². The summed E-state index contributed by atoms with van der Waals surface area (Å²) >= 11 is 0. The molecule has 0 saturated heterocycles. The number of nitrogens with one attached hydrogen (secondary N) is 1. The average Bonchev–Trinajstić information content (AvgIpc) is 2.25. The number of hydrogen-bond donors (Lipinski definition) is 3. The van der Waals surface area contributed by atoms with E-state index in [1.807, 2.05) is 13.8 Å². The van der Waals surface area contributed by atoms with E-state index < -0.39 is 12.0 Å². The fraction of sp³-hybridized carbons (Fsp3) is 0.800. The minimum atomic E-state index is -1.04. The molecule has 0 bridgehead atoms. The number of nitrogens with zero attached hydrogens (tertiary/aromatic N) is 1. The topological polar surface area (TPSA) is 95.7 Å². The van der Waals surface area contributed by atoms with E-state index in [-0.39, 0.29) is 12.5 Å². The van der Waals surface area contributed by atoms with Gasteiger partial charge < -0.3 is 21.1 Å². The SMILES string of the molecule is CCN(CC)C(=O)CCNCC(N)C(=O)O. The zero-order chi connectivity index (χ0) is 12.6. The Bertz CT molecular complexity index is 229. The van der Waals surface area contributed by atoms with Crippen molar-refractivity contribution in [2.75, 3.05) is 26.2 Å². The van der Waals surface area contributed by atoms with Crippen LogP contribution < -0.4 is 11.1 Å². The first-order valence-corrected chi connectivity index (χ1v) is 5.49. The third-order valence-electron chi connectivity index (χ3n) is 2.31. The number of rotatable bonds is 8. The summed E-state index contributed by atoms with van der Waals surface area (Å²) in [6, 6.07) is -0.913. The molecule has 0 aromatic rings. The molecule has 0 aromatic carbocycles. The quantitative estimate of drug-likeness (QED) is 0.478. The van der Waals surface area contributed by atoms with Crippen molar-refractivity contribution in [3.8, 4) is 0 Å². The van der Waals surface area contributed by atoms with Gasteiger partial charge in [0.05, 0.1) is 0 Å². The molecule has 94 valence electrons. The van der Waals surface area contributed by atoms with E-state index in [1.54, 1.807) is 4.90 Å². The lowest BCUT2D eigenvalue weighted by molar-refractivity contribution is -0.138. The molecule has 6 nitrogen and oxygen atoms in total. The minimum absolute atomic E-state index is 0.0707. The lowest BCUT2D eigenvalue weighted by atomic mass is 10.3. The zero-order valence-electron chi connectivity index (χ0n) is 9.90. The largest absolute Gasteiger partial charge is 0.480 e. The second kappa shape index (κ2) is 8.06. The van der Waals surface area contributed by atoms with Crippen molar-refractivity contribution in [2.45, 2.75) is 26.3 Å². The van der Waals surface area contributed by atoms with Gasteiger partial charge in [-0.15, -0.1) is 0 Å². The first kappa shape index (κ1) is 14.9. The van der Waals surface area contributed by atoms with Crippen LogP contribution >= 0.6 is 0 Å². The zero-order valence-corrected chi connectivity index (χ0v) is 9.90. The first-order chi connectivity index (χ1) is 7.52. The van der Waals surface area contributed by atoms with Crippen molar-refractivity contribution in [1.82, 2.24) is 10.2 Å². The molecular formula is C10H21N3O3.